The van der Waals surface area contributed by atoms with Gasteiger partial charge in [0.05, 0.1) is 11.8 Å². The number of benzene rings is 1. The summed E-state index contributed by atoms with van der Waals surface area (Å²) in [6.45, 7) is 4.13. The number of thiophene rings is 1. The maximum atomic E-state index is 13.1. The van der Waals surface area contributed by atoms with Crippen molar-refractivity contribution in [1.82, 2.24) is 24.7 Å². The van der Waals surface area contributed by atoms with Gasteiger partial charge in [0.25, 0.3) is 5.56 Å². The molecule has 0 amide bonds. The number of aromatic nitrogens is 5. The Labute approximate surface area is 179 Å². The van der Waals surface area contributed by atoms with Crippen LogP contribution in [-0.2, 0) is 6.54 Å². The number of rotatable bonds is 4. The Bertz CT molecular complexity index is 1450. The molecule has 30 heavy (non-hydrogen) atoms. The fraction of sp³-hybridized carbons (Fsp3) is 0.190. The quantitative estimate of drug-likeness (QED) is 0.386. The highest BCUT2D eigenvalue weighted by molar-refractivity contribution is 7.98. The third-order valence-electron chi connectivity index (χ3n) is 4.87. The van der Waals surface area contributed by atoms with Gasteiger partial charge in [0.15, 0.2) is 0 Å². The number of hydrogen-bond acceptors (Lipinski definition) is 8. The highest BCUT2D eigenvalue weighted by Crippen LogP contribution is 2.31. The molecule has 0 radical (unpaired) electrons. The maximum absolute atomic E-state index is 13.1. The summed E-state index contributed by atoms with van der Waals surface area (Å²) in [5.74, 6) is 0.852. The first-order chi connectivity index (χ1) is 14.5. The van der Waals surface area contributed by atoms with Gasteiger partial charge in [-0.2, -0.15) is 4.98 Å². The van der Waals surface area contributed by atoms with Gasteiger partial charge in [0, 0.05) is 21.5 Å². The molecule has 0 spiro atoms. The van der Waals surface area contributed by atoms with E-state index in [2.05, 4.69) is 20.1 Å². The molecule has 7 nitrogen and oxygen atoms in total. The van der Waals surface area contributed by atoms with Crippen LogP contribution in [0.1, 0.15) is 17.1 Å². The van der Waals surface area contributed by atoms with Crippen LogP contribution in [0.4, 0.5) is 0 Å². The third kappa shape index (κ3) is 3.20. The van der Waals surface area contributed by atoms with E-state index in [9.17, 15) is 4.79 Å². The third-order valence-corrected chi connectivity index (χ3v) is 6.67. The summed E-state index contributed by atoms with van der Waals surface area (Å²) in [7, 11) is 0. The topological polar surface area (TPSA) is 86.7 Å². The monoisotopic (exact) mass is 435 g/mol. The zero-order valence-corrected chi connectivity index (χ0v) is 18.2. The van der Waals surface area contributed by atoms with Crippen molar-refractivity contribution in [3.8, 4) is 11.4 Å². The molecule has 4 heterocycles. The molecule has 4 aromatic heterocycles. The molecule has 150 valence electrons. The van der Waals surface area contributed by atoms with E-state index in [1.165, 1.54) is 22.2 Å². The van der Waals surface area contributed by atoms with E-state index in [1.54, 1.807) is 11.8 Å². The van der Waals surface area contributed by atoms with Gasteiger partial charge in [0.2, 0.25) is 11.7 Å². The number of aryl methyl sites for hydroxylation is 2. The van der Waals surface area contributed by atoms with Crippen molar-refractivity contribution in [1.29, 1.82) is 0 Å². The molecule has 0 aliphatic carbocycles. The van der Waals surface area contributed by atoms with Crippen LogP contribution in [0.25, 0.3) is 31.8 Å². The molecule has 1 aromatic carbocycles. The van der Waals surface area contributed by atoms with Crippen LogP contribution in [0.15, 0.2) is 50.9 Å². The average Bonchev–Trinajstić information content (AvgIpc) is 3.35. The molecule has 0 atom stereocenters. The minimum absolute atomic E-state index is 0.135. The van der Waals surface area contributed by atoms with Crippen molar-refractivity contribution in [2.75, 3.05) is 6.26 Å². The molecule has 0 N–H and O–H groups in total. The second kappa shape index (κ2) is 7.33. The fourth-order valence-corrected chi connectivity index (χ4v) is 5.04. The second-order valence-corrected chi connectivity index (χ2v) is 8.84. The van der Waals surface area contributed by atoms with Crippen LogP contribution in [0.3, 0.4) is 0 Å². The zero-order valence-electron chi connectivity index (χ0n) is 16.5. The van der Waals surface area contributed by atoms with Gasteiger partial charge in [-0.1, -0.05) is 5.16 Å². The van der Waals surface area contributed by atoms with Crippen LogP contribution in [0.5, 0.6) is 0 Å². The smallest absolute Gasteiger partial charge is 0.271 e. The first kappa shape index (κ1) is 19.0. The average molecular weight is 436 g/mol. The Morgan fingerprint density at radius 1 is 1.17 bits per heavy atom. The Hall–Kier alpha value is -3.04. The molecule has 5 aromatic rings. The van der Waals surface area contributed by atoms with Crippen LogP contribution in [0, 0.1) is 13.8 Å². The summed E-state index contributed by atoms with van der Waals surface area (Å²) in [6, 6.07) is 9.94. The number of fused-ring (bicyclic) bond motifs is 3. The lowest BCUT2D eigenvalue weighted by molar-refractivity contribution is 0.369. The van der Waals surface area contributed by atoms with Gasteiger partial charge in [-0.3, -0.25) is 9.36 Å². The molecule has 0 bridgehead atoms. The number of pyridine rings is 1. The Kier molecular flexibility index (Phi) is 4.63. The number of hydrogen-bond donors (Lipinski definition) is 0. The first-order valence-electron chi connectivity index (χ1n) is 9.26. The minimum atomic E-state index is -0.135. The SMILES string of the molecule is CSc1ccc(-c2noc(Cn3cnc4c(sc5nc(C)cc(C)c54)c3=O)n2)cc1. The minimum Gasteiger partial charge on any atom is -0.337 e. The summed E-state index contributed by atoms with van der Waals surface area (Å²) >= 11 is 3.04. The van der Waals surface area contributed by atoms with Gasteiger partial charge in [0.1, 0.15) is 16.1 Å². The lowest BCUT2D eigenvalue weighted by atomic mass is 10.1. The second-order valence-electron chi connectivity index (χ2n) is 6.96. The van der Waals surface area contributed by atoms with Crippen LogP contribution < -0.4 is 5.56 Å². The van der Waals surface area contributed by atoms with Gasteiger partial charge in [-0.25, -0.2) is 9.97 Å². The molecule has 0 aliphatic rings. The van der Waals surface area contributed by atoms with Crippen LogP contribution in [-0.4, -0.2) is 30.9 Å². The maximum Gasteiger partial charge on any atom is 0.271 e. The van der Waals surface area contributed by atoms with E-state index < -0.39 is 0 Å². The predicted molar refractivity (Wildman–Crippen MR) is 119 cm³/mol. The zero-order chi connectivity index (χ0) is 20.8. The highest BCUT2D eigenvalue weighted by atomic mass is 32.2. The van der Waals surface area contributed by atoms with E-state index in [4.69, 9.17) is 4.52 Å². The Morgan fingerprint density at radius 2 is 1.97 bits per heavy atom. The molecule has 0 saturated carbocycles. The molecular formula is C21H17N5O2S2. The van der Waals surface area contributed by atoms with E-state index in [0.29, 0.717) is 21.9 Å². The molecule has 0 unspecified atom stereocenters. The van der Waals surface area contributed by atoms with Gasteiger partial charge in [-0.15, -0.1) is 23.1 Å². The molecular weight excluding hydrogens is 418 g/mol. The number of nitrogens with zero attached hydrogens (tertiary/aromatic N) is 5. The number of thioether (sulfide) groups is 1. The van der Waals surface area contributed by atoms with Crippen molar-refractivity contribution in [2.24, 2.45) is 0 Å². The summed E-state index contributed by atoms with van der Waals surface area (Å²) in [4.78, 5) is 28.6. The highest BCUT2D eigenvalue weighted by Gasteiger charge is 2.16. The van der Waals surface area contributed by atoms with Crippen molar-refractivity contribution in [3.63, 3.8) is 0 Å². The molecule has 9 heteroatoms. The Balaban J connectivity index is 1.50. The lowest BCUT2D eigenvalue weighted by Crippen LogP contribution is -2.20. The van der Waals surface area contributed by atoms with E-state index in [1.807, 2.05) is 50.4 Å². The van der Waals surface area contributed by atoms with Gasteiger partial charge in [-0.05, 0) is 56.0 Å². The summed E-state index contributed by atoms with van der Waals surface area (Å²) in [5.41, 5.74) is 3.42. The van der Waals surface area contributed by atoms with Crippen LogP contribution in [0.2, 0.25) is 0 Å². The molecule has 0 saturated heterocycles. The summed E-state index contributed by atoms with van der Waals surface area (Å²) in [6.07, 6.45) is 3.56. The van der Waals surface area contributed by atoms with Crippen LogP contribution >= 0.6 is 23.1 Å². The van der Waals surface area contributed by atoms with Crippen molar-refractivity contribution >= 4 is 43.5 Å². The molecule has 0 aliphatic heterocycles. The van der Waals surface area contributed by atoms with Gasteiger partial charge < -0.3 is 4.52 Å². The first-order valence-corrected chi connectivity index (χ1v) is 11.3. The lowest BCUT2D eigenvalue weighted by Gasteiger charge is -2.02. The standard InChI is InChI=1S/C21H17N5O2S2/c1-11-8-12(2)23-20-16(11)17-18(30-20)21(27)26(10-22-17)9-15-24-19(25-28-15)13-4-6-14(29-3)7-5-13/h4-8,10H,9H2,1-3H3. The summed E-state index contributed by atoms with van der Waals surface area (Å²) < 4.78 is 7.46. The van der Waals surface area contributed by atoms with Crippen molar-refractivity contribution in [2.45, 2.75) is 25.3 Å². The van der Waals surface area contributed by atoms with E-state index >= 15 is 0 Å². The summed E-state index contributed by atoms with van der Waals surface area (Å²) in [5, 5.41) is 4.99. The normalized spacial score (nSPS) is 11.6. The van der Waals surface area contributed by atoms with Gasteiger partial charge >= 0.3 is 0 Å². The van der Waals surface area contributed by atoms with E-state index in [0.717, 1.165) is 31.9 Å². The largest absolute Gasteiger partial charge is 0.337 e. The van der Waals surface area contributed by atoms with Crippen molar-refractivity contribution in [3.05, 3.63) is 64.2 Å². The van der Waals surface area contributed by atoms with Crippen molar-refractivity contribution < 1.29 is 4.52 Å². The van der Waals surface area contributed by atoms with E-state index in [-0.39, 0.29) is 12.1 Å². The molecule has 5 rings (SSSR count). The fourth-order valence-electron chi connectivity index (χ4n) is 3.44. The molecule has 0 fully saturated rings. The predicted octanol–water partition coefficient (Wildman–Crippen LogP) is 4.44. The Morgan fingerprint density at radius 3 is 2.73 bits per heavy atom.